The van der Waals surface area contributed by atoms with Gasteiger partial charge in [0.15, 0.2) is 6.16 Å². The Morgan fingerprint density at radius 3 is 2.45 bits per heavy atom. The molecule has 0 aliphatic heterocycles. The van der Waals surface area contributed by atoms with Crippen LogP contribution in [0.5, 0.6) is 0 Å². The van der Waals surface area contributed by atoms with Crippen molar-refractivity contribution in [2.24, 2.45) is 0 Å². The number of carbonyl (C=O) groups excluding carboxylic acids is 1. The molecule has 0 spiro atoms. The van der Waals surface area contributed by atoms with E-state index in [0.717, 1.165) is 0 Å². The highest BCUT2D eigenvalue weighted by Crippen LogP contribution is 2.43. The molecule has 0 aromatic rings. The number of alkyl carbamates (subject to hydrolysis) is 1. The topological polar surface area (TPSA) is 99.0 Å². The molecule has 1 amide bonds. The SMILES string of the molecule is CNC(=O)OCC[P+](O)(O)O. The molecule has 0 radical (unpaired) electrons. The van der Waals surface area contributed by atoms with Crippen molar-refractivity contribution >= 4 is 14.0 Å². The summed E-state index contributed by atoms with van der Waals surface area (Å²) in [4.78, 5) is 35.6. The third kappa shape index (κ3) is 7.48. The average Bonchev–Trinajstić information content (AvgIpc) is 1.85. The van der Waals surface area contributed by atoms with E-state index in [1.54, 1.807) is 0 Å². The highest BCUT2D eigenvalue weighted by Gasteiger charge is 2.29. The van der Waals surface area contributed by atoms with E-state index in [2.05, 4.69) is 10.1 Å². The van der Waals surface area contributed by atoms with Crippen molar-refractivity contribution in [1.82, 2.24) is 5.32 Å². The Balaban J connectivity index is 3.35. The summed E-state index contributed by atoms with van der Waals surface area (Å²) in [5, 5.41) is 2.16. The second-order valence-corrected chi connectivity index (χ2v) is 3.63. The number of ether oxygens (including phenoxy) is 1. The first-order valence-corrected chi connectivity index (χ1v) is 4.70. The Labute approximate surface area is 64.4 Å². The molecular formula is C4H11NO5P+. The van der Waals surface area contributed by atoms with Gasteiger partial charge in [0.1, 0.15) is 6.61 Å². The van der Waals surface area contributed by atoms with Crippen molar-refractivity contribution in [3.63, 3.8) is 0 Å². The predicted molar refractivity (Wildman–Crippen MR) is 38.9 cm³/mol. The van der Waals surface area contributed by atoms with Crippen LogP contribution in [0.25, 0.3) is 0 Å². The van der Waals surface area contributed by atoms with Crippen molar-refractivity contribution in [3.8, 4) is 0 Å². The van der Waals surface area contributed by atoms with Gasteiger partial charge in [-0.05, 0) is 0 Å². The summed E-state index contributed by atoms with van der Waals surface area (Å²) in [6.45, 7) is -0.211. The molecule has 0 saturated heterocycles. The largest absolute Gasteiger partial charge is 0.445 e. The summed E-state index contributed by atoms with van der Waals surface area (Å²) in [6.07, 6.45) is -1.00. The van der Waals surface area contributed by atoms with Crippen molar-refractivity contribution in [2.45, 2.75) is 0 Å². The van der Waals surface area contributed by atoms with Gasteiger partial charge in [-0.15, -0.1) is 0 Å². The Hall–Kier alpha value is -0.420. The van der Waals surface area contributed by atoms with Crippen LogP contribution >= 0.6 is 7.94 Å². The van der Waals surface area contributed by atoms with E-state index in [4.69, 9.17) is 14.7 Å². The summed E-state index contributed by atoms with van der Waals surface area (Å²) in [6, 6.07) is 0. The third-order valence-electron chi connectivity index (χ3n) is 0.829. The van der Waals surface area contributed by atoms with Gasteiger partial charge in [0.05, 0.1) is 0 Å². The van der Waals surface area contributed by atoms with Gasteiger partial charge in [-0.25, -0.2) is 4.79 Å². The average molecular weight is 184 g/mol. The van der Waals surface area contributed by atoms with Crippen LogP contribution in [-0.2, 0) is 4.74 Å². The highest BCUT2D eigenvalue weighted by molar-refractivity contribution is 7.58. The first-order valence-electron chi connectivity index (χ1n) is 2.86. The molecule has 7 heteroatoms. The van der Waals surface area contributed by atoms with Crippen LogP contribution in [0.15, 0.2) is 0 Å². The van der Waals surface area contributed by atoms with Gasteiger partial charge in [0, 0.05) is 7.05 Å². The smallest absolute Gasteiger partial charge is 0.407 e. The Kier molecular flexibility index (Phi) is 4.29. The van der Waals surface area contributed by atoms with Crippen LogP contribution in [0, 0.1) is 0 Å². The van der Waals surface area contributed by atoms with Crippen molar-refractivity contribution in [3.05, 3.63) is 0 Å². The second-order valence-electron chi connectivity index (χ2n) is 1.80. The predicted octanol–water partition coefficient (Wildman–Crippen LogP) is -0.918. The zero-order valence-electron chi connectivity index (χ0n) is 6.02. The van der Waals surface area contributed by atoms with E-state index in [1.165, 1.54) is 7.05 Å². The van der Waals surface area contributed by atoms with Gasteiger partial charge in [-0.2, -0.15) is 14.7 Å². The fraction of sp³-hybridized carbons (Fsp3) is 0.750. The highest BCUT2D eigenvalue weighted by atomic mass is 31.2. The molecule has 0 bridgehead atoms. The van der Waals surface area contributed by atoms with E-state index >= 15 is 0 Å². The minimum Gasteiger partial charge on any atom is -0.445 e. The van der Waals surface area contributed by atoms with E-state index < -0.39 is 14.0 Å². The molecule has 0 saturated carbocycles. The molecule has 0 atom stereocenters. The van der Waals surface area contributed by atoms with E-state index in [0.29, 0.717) is 0 Å². The number of hydrogen-bond donors (Lipinski definition) is 4. The molecule has 66 valence electrons. The fourth-order valence-corrected chi connectivity index (χ4v) is 0.669. The lowest BCUT2D eigenvalue weighted by Crippen LogP contribution is -2.21. The van der Waals surface area contributed by atoms with E-state index in [-0.39, 0.29) is 12.8 Å². The van der Waals surface area contributed by atoms with Gasteiger partial charge < -0.3 is 10.1 Å². The lowest BCUT2D eigenvalue weighted by Gasteiger charge is -2.04. The molecule has 0 fully saturated rings. The number of nitrogens with one attached hydrogen (secondary N) is 1. The van der Waals surface area contributed by atoms with Crippen LogP contribution in [0.2, 0.25) is 0 Å². The fourth-order valence-electron chi connectivity index (χ4n) is 0.333. The lowest BCUT2D eigenvalue weighted by atomic mass is 10.8. The minimum absolute atomic E-state index is 0.211. The monoisotopic (exact) mass is 184 g/mol. The molecule has 0 aromatic heterocycles. The molecule has 0 unspecified atom stereocenters. The van der Waals surface area contributed by atoms with E-state index in [9.17, 15) is 4.79 Å². The minimum atomic E-state index is -3.79. The van der Waals surface area contributed by atoms with Gasteiger partial charge in [0.25, 0.3) is 0 Å². The Bertz CT molecular complexity index is 133. The van der Waals surface area contributed by atoms with Gasteiger partial charge >= 0.3 is 14.0 Å². The van der Waals surface area contributed by atoms with E-state index in [1.807, 2.05) is 0 Å². The summed E-state index contributed by atoms with van der Waals surface area (Å²) >= 11 is 0. The summed E-state index contributed by atoms with van der Waals surface area (Å²) in [5.74, 6) is 0. The maximum Gasteiger partial charge on any atom is 0.407 e. The molecule has 6 nitrogen and oxygen atoms in total. The maximum absolute atomic E-state index is 10.3. The summed E-state index contributed by atoms with van der Waals surface area (Å²) < 4.78 is 4.36. The van der Waals surface area contributed by atoms with Gasteiger partial charge in [-0.1, -0.05) is 0 Å². The zero-order valence-corrected chi connectivity index (χ0v) is 6.91. The molecule has 0 heterocycles. The maximum atomic E-state index is 10.3. The second kappa shape index (κ2) is 4.46. The van der Waals surface area contributed by atoms with Crippen LogP contribution in [0.3, 0.4) is 0 Å². The third-order valence-corrected chi connectivity index (χ3v) is 1.61. The molecule has 0 aliphatic carbocycles. The van der Waals surface area contributed by atoms with Crippen LogP contribution in [0.4, 0.5) is 4.79 Å². The van der Waals surface area contributed by atoms with Gasteiger partial charge in [-0.3, -0.25) is 0 Å². The number of rotatable bonds is 3. The molecular weight excluding hydrogens is 173 g/mol. The van der Waals surface area contributed by atoms with Crippen molar-refractivity contribution < 1.29 is 24.2 Å². The zero-order chi connectivity index (χ0) is 8.91. The summed E-state index contributed by atoms with van der Waals surface area (Å²) in [5.41, 5.74) is 0. The number of carbonyl (C=O) groups is 1. The van der Waals surface area contributed by atoms with Crippen molar-refractivity contribution in [2.75, 3.05) is 19.8 Å². The quantitative estimate of drug-likeness (QED) is 0.425. The molecule has 11 heavy (non-hydrogen) atoms. The van der Waals surface area contributed by atoms with Crippen LogP contribution in [-0.4, -0.2) is 40.6 Å². The van der Waals surface area contributed by atoms with Crippen molar-refractivity contribution in [1.29, 1.82) is 0 Å². The first kappa shape index (κ1) is 10.6. The molecule has 0 aliphatic rings. The molecule has 0 aromatic carbocycles. The van der Waals surface area contributed by atoms with Crippen LogP contribution in [0.1, 0.15) is 0 Å². The Morgan fingerprint density at radius 2 is 2.09 bits per heavy atom. The summed E-state index contributed by atoms with van der Waals surface area (Å²) in [7, 11) is -2.41. The number of amides is 1. The molecule has 0 rings (SSSR count). The van der Waals surface area contributed by atoms with Crippen LogP contribution < -0.4 is 5.32 Å². The normalized spacial score (nSPS) is 10.9. The molecule has 4 N–H and O–H groups in total. The number of hydrogen-bond acceptors (Lipinski definition) is 5. The lowest BCUT2D eigenvalue weighted by molar-refractivity contribution is 0.153. The van der Waals surface area contributed by atoms with Gasteiger partial charge in [0.2, 0.25) is 0 Å². The standard InChI is InChI=1S/C4H10NO5P/c1-5-4(6)10-2-3-11(7,8)9/h7-9H,2-3H2,1H3/p+1. The first-order chi connectivity index (χ1) is 4.95. The Morgan fingerprint density at radius 1 is 1.55 bits per heavy atom.